The van der Waals surface area contributed by atoms with E-state index >= 15 is 0 Å². The minimum Gasteiger partial charge on any atom is -0.352 e. The third-order valence-electron chi connectivity index (χ3n) is 1.55. The maximum atomic E-state index is 11.3. The number of aryl methyl sites for hydroxylation is 1. The van der Waals surface area contributed by atoms with E-state index in [1.807, 2.05) is 19.9 Å². The first kappa shape index (κ1) is 8.78. The van der Waals surface area contributed by atoms with Crippen molar-refractivity contribution >= 4 is 5.91 Å². The number of rotatable bonds is 2. The highest BCUT2D eigenvalue weighted by Crippen LogP contribution is 2.02. The van der Waals surface area contributed by atoms with Gasteiger partial charge in [-0.15, -0.1) is 0 Å². The lowest BCUT2D eigenvalue weighted by Gasteiger charge is -2.01. The molecule has 63 valence electrons. The van der Waals surface area contributed by atoms with Crippen LogP contribution in [0.15, 0.2) is 18.2 Å². The van der Waals surface area contributed by atoms with Crippen molar-refractivity contribution in [3.05, 3.63) is 35.4 Å². The Morgan fingerprint density at radius 1 is 1.67 bits per heavy atom. The molecule has 1 aromatic carbocycles. The van der Waals surface area contributed by atoms with Crippen molar-refractivity contribution in [1.29, 1.82) is 0 Å². The highest BCUT2D eigenvalue weighted by Gasteiger charge is 2.01. The minimum absolute atomic E-state index is 0.0189. The van der Waals surface area contributed by atoms with Crippen LogP contribution in [0.1, 0.15) is 22.8 Å². The summed E-state index contributed by atoms with van der Waals surface area (Å²) in [7, 11) is 0. The first-order valence-corrected chi connectivity index (χ1v) is 4.00. The lowest BCUT2D eigenvalue weighted by Crippen LogP contribution is -2.22. The van der Waals surface area contributed by atoms with Crippen LogP contribution in [0, 0.1) is 13.0 Å². The number of amides is 1. The minimum atomic E-state index is -0.0189. The van der Waals surface area contributed by atoms with Crippen molar-refractivity contribution in [3.63, 3.8) is 0 Å². The van der Waals surface area contributed by atoms with Crippen molar-refractivity contribution in [2.75, 3.05) is 6.54 Å². The summed E-state index contributed by atoms with van der Waals surface area (Å²) >= 11 is 0. The highest BCUT2D eigenvalue weighted by atomic mass is 16.1. The van der Waals surface area contributed by atoms with Gasteiger partial charge in [-0.25, -0.2) is 0 Å². The molecule has 1 amide bonds. The van der Waals surface area contributed by atoms with Crippen LogP contribution in [0.5, 0.6) is 0 Å². The summed E-state index contributed by atoms with van der Waals surface area (Å²) in [4.78, 5) is 11.3. The number of nitrogens with one attached hydrogen (secondary N) is 1. The number of hydrogen-bond donors (Lipinski definition) is 1. The van der Waals surface area contributed by atoms with E-state index in [4.69, 9.17) is 0 Å². The Labute approximate surface area is 72.6 Å². The van der Waals surface area contributed by atoms with E-state index in [1.54, 1.807) is 12.1 Å². The molecule has 0 fully saturated rings. The fourth-order valence-corrected chi connectivity index (χ4v) is 0.990. The molecule has 0 spiro atoms. The average molecular weight is 162 g/mol. The summed E-state index contributed by atoms with van der Waals surface area (Å²) < 4.78 is 0. The molecule has 2 nitrogen and oxygen atoms in total. The zero-order valence-electron chi connectivity index (χ0n) is 7.35. The van der Waals surface area contributed by atoms with Gasteiger partial charge in [-0.2, -0.15) is 0 Å². The number of carbonyl (C=O) groups excluding carboxylic acids is 1. The fraction of sp³-hybridized carbons (Fsp3) is 0.300. The van der Waals surface area contributed by atoms with Crippen molar-refractivity contribution in [2.45, 2.75) is 13.8 Å². The highest BCUT2D eigenvalue weighted by molar-refractivity contribution is 5.94. The molecule has 0 aromatic heterocycles. The van der Waals surface area contributed by atoms with E-state index in [9.17, 15) is 4.79 Å². The van der Waals surface area contributed by atoms with Gasteiger partial charge in [0, 0.05) is 12.1 Å². The van der Waals surface area contributed by atoms with Gasteiger partial charge in [-0.05, 0) is 37.6 Å². The number of carbonyl (C=O) groups is 1. The third-order valence-corrected chi connectivity index (χ3v) is 1.55. The standard InChI is InChI=1S/C10H12NO/c1-3-11-10(12)9-6-4-5-8(2)7-9/h4,6-7H,3H2,1-2H3,(H,11,12). The van der Waals surface area contributed by atoms with Gasteiger partial charge in [0.15, 0.2) is 0 Å². The van der Waals surface area contributed by atoms with Gasteiger partial charge in [0.1, 0.15) is 0 Å². The second-order valence-electron chi connectivity index (χ2n) is 2.62. The fourth-order valence-electron chi connectivity index (χ4n) is 0.990. The van der Waals surface area contributed by atoms with E-state index < -0.39 is 0 Å². The van der Waals surface area contributed by atoms with Gasteiger partial charge in [-0.3, -0.25) is 4.79 Å². The third kappa shape index (κ3) is 2.09. The Hall–Kier alpha value is -1.31. The molecule has 1 N–H and O–H groups in total. The summed E-state index contributed by atoms with van der Waals surface area (Å²) in [6.45, 7) is 4.49. The lowest BCUT2D eigenvalue weighted by atomic mass is 10.1. The summed E-state index contributed by atoms with van der Waals surface area (Å²) in [6, 6.07) is 8.34. The Morgan fingerprint density at radius 2 is 2.42 bits per heavy atom. The quantitative estimate of drug-likeness (QED) is 0.702. The Morgan fingerprint density at radius 3 is 3.00 bits per heavy atom. The molecule has 0 atom stereocenters. The number of hydrogen-bond acceptors (Lipinski definition) is 1. The van der Waals surface area contributed by atoms with Crippen molar-refractivity contribution in [3.8, 4) is 0 Å². The average Bonchev–Trinajstić information content (AvgIpc) is 2.05. The summed E-state index contributed by atoms with van der Waals surface area (Å²) in [5.74, 6) is -0.0189. The molecule has 1 aromatic rings. The molecular formula is C10H12NO. The first-order chi connectivity index (χ1) is 5.74. The van der Waals surface area contributed by atoms with Gasteiger partial charge in [-0.1, -0.05) is 6.07 Å². The molecule has 2 heteroatoms. The van der Waals surface area contributed by atoms with Crippen LogP contribution in [-0.4, -0.2) is 12.5 Å². The molecule has 0 aliphatic carbocycles. The zero-order chi connectivity index (χ0) is 8.97. The van der Waals surface area contributed by atoms with Crippen molar-refractivity contribution in [1.82, 2.24) is 5.32 Å². The molecule has 0 heterocycles. The molecule has 12 heavy (non-hydrogen) atoms. The van der Waals surface area contributed by atoms with Gasteiger partial charge >= 0.3 is 0 Å². The SMILES string of the molecule is CCNC(=O)c1cc[c]c(C)c1. The van der Waals surface area contributed by atoms with E-state index in [0.29, 0.717) is 12.1 Å². The van der Waals surface area contributed by atoms with Crippen molar-refractivity contribution in [2.24, 2.45) is 0 Å². The molecule has 1 radical (unpaired) electrons. The molecule has 0 saturated carbocycles. The molecule has 0 aliphatic heterocycles. The maximum absolute atomic E-state index is 11.3. The molecular weight excluding hydrogens is 150 g/mol. The van der Waals surface area contributed by atoms with E-state index in [2.05, 4.69) is 11.4 Å². The molecule has 0 aliphatic rings. The Kier molecular flexibility index (Phi) is 2.86. The lowest BCUT2D eigenvalue weighted by molar-refractivity contribution is 0.0955. The largest absolute Gasteiger partial charge is 0.352 e. The summed E-state index contributed by atoms with van der Waals surface area (Å²) in [5.41, 5.74) is 1.69. The van der Waals surface area contributed by atoms with Crippen LogP contribution in [0.4, 0.5) is 0 Å². The molecule has 1 rings (SSSR count). The summed E-state index contributed by atoms with van der Waals surface area (Å²) in [6.07, 6.45) is 0. The smallest absolute Gasteiger partial charge is 0.251 e. The van der Waals surface area contributed by atoms with E-state index in [0.717, 1.165) is 5.56 Å². The molecule has 0 unspecified atom stereocenters. The maximum Gasteiger partial charge on any atom is 0.251 e. The van der Waals surface area contributed by atoms with Gasteiger partial charge < -0.3 is 5.32 Å². The second kappa shape index (κ2) is 3.90. The molecule has 0 bridgehead atoms. The van der Waals surface area contributed by atoms with Crippen LogP contribution in [0.2, 0.25) is 0 Å². The zero-order valence-corrected chi connectivity index (χ0v) is 7.35. The van der Waals surface area contributed by atoms with Gasteiger partial charge in [0.2, 0.25) is 0 Å². The van der Waals surface area contributed by atoms with E-state index in [-0.39, 0.29) is 5.91 Å². The second-order valence-corrected chi connectivity index (χ2v) is 2.62. The molecule has 0 saturated heterocycles. The van der Waals surface area contributed by atoms with Gasteiger partial charge in [0.05, 0.1) is 0 Å². The Bertz CT molecular complexity index is 281. The van der Waals surface area contributed by atoms with Crippen LogP contribution in [0.25, 0.3) is 0 Å². The van der Waals surface area contributed by atoms with Crippen LogP contribution in [-0.2, 0) is 0 Å². The first-order valence-electron chi connectivity index (χ1n) is 4.00. The topological polar surface area (TPSA) is 29.1 Å². The predicted molar refractivity (Wildman–Crippen MR) is 48.0 cm³/mol. The van der Waals surface area contributed by atoms with Crippen LogP contribution in [0.3, 0.4) is 0 Å². The Balaban J connectivity index is 2.81. The number of benzene rings is 1. The van der Waals surface area contributed by atoms with Gasteiger partial charge in [0.25, 0.3) is 5.91 Å². The van der Waals surface area contributed by atoms with E-state index in [1.165, 1.54) is 0 Å². The summed E-state index contributed by atoms with van der Waals surface area (Å²) in [5, 5.41) is 2.74. The van der Waals surface area contributed by atoms with Crippen LogP contribution >= 0.6 is 0 Å². The van der Waals surface area contributed by atoms with Crippen LogP contribution < -0.4 is 5.32 Å². The monoisotopic (exact) mass is 162 g/mol. The normalized spacial score (nSPS) is 9.50. The van der Waals surface area contributed by atoms with Crippen molar-refractivity contribution < 1.29 is 4.79 Å². The predicted octanol–water partition coefficient (Wildman–Crippen LogP) is 1.54.